The fraction of sp³-hybridized carbons (Fsp3) is 1.00. The van der Waals surface area contributed by atoms with Crippen LogP contribution in [0.15, 0.2) is 0 Å². The molecule has 6 heteroatoms. The first kappa shape index (κ1) is 11.2. The molecule has 0 aromatic heterocycles. The van der Waals surface area contributed by atoms with Crippen molar-refractivity contribution in [3.63, 3.8) is 0 Å². The van der Waals surface area contributed by atoms with Crippen LogP contribution in [0.25, 0.3) is 0 Å². The highest BCUT2D eigenvalue weighted by Gasteiger charge is 2.26. The molecule has 4 nitrogen and oxygen atoms in total. The Morgan fingerprint density at radius 3 is 2.46 bits per heavy atom. The summed E-state index contributed by atoms with van der Waals surface area (Å²) in [5.41, 5.74) is 0. The van der Waals surface area contributed by atoms with E-state index < -0.39 is 10.0 Å². The Morgan fingerprint density at radius 1 is 1.46 bits per heavy atom. The van der Waals surface area contributed by atoms with E-state index in [2.05, 4.69) is 0 Å². The maximum Gasteiger partial charge on any atom is 0.228 e. The first-order chi connectivity index (χ1) is 6.08. The van der Waals surface area contributed by atoms with Gasteiger partial charge in [-0.1, -0.05) is 0 Å². The molecule has 1 saturated heterocycles. The van der Waals surface area contributed by atoms with Gasteiger partial charge in [0.15, 0.2) is 0 Å². The maximum absolute atomic E-state index is 11.4. The average molecular weight is 228 g/mol. The summed E-state index contributed by atoms with van der Waals surface area (Å²) in [6.07, 6.45) is 1.51. The molecule has 1 aliphatic rings. The Hall–Kier alpha value is 0.160. The second-order valence-electron chi connectivity index (χ2n) is 3.08. The topological polar surface area (TPSA) is 46.6 Å². The van der Waals surface area contributed by atoms with Crippen molar-refractivity contribution in [3.8, 4) is 0 Å². The standard InChI is InChI=1S/C7H14ClNO3S/c1-9(13(10,11)6-8)7-2-4-12-5-3-7/h7H,2-6H2,1H3. The third kappa shape index (κ3) is 2.80. The van der Waals surface area contributed by atoms with Gasteiger partial charge in [0.1, 0.15) is 5.21 Å². The molecule has 13 heavy (non-hydrogen) atoms. The van der Waals surface area contributed by atoms with E-state index in [9.17, 15) is 8.42 Å². The Bertz CT molecular complexity index is 248. The van der Waals surface area contributed by atoms with Crippen molar-refractivity contribution >= 4 is 21.6 Å². The minimum absolute atomic E-state index is 0.0532. The minimum atomic E-state index is -3.25. The summed E-state index contributed by atoms with van der Waals surface area (Å²) in [5, 5.41) is -0.346. The lowest BCUT2D eigenvalue weighted by atomic mass is 10.1. The van der Waals surface area contributed by atoms with E-state index >= 15 is 0 Å². The minimum Gasteiger partial charge on any atom is -0.381 e. The maximum atomic E-state index is 11.4. The van der Waals surface area contributed by atoms with Crippen LogP contribution in [0.2, 0.25) is 0 Å². The second kappa shape index (κ2) is 4.59. The fourth-order valence-electron chi connectivity index (χ4n) is 1.35. The van der Waals surface area contributed by atoms with E-state index in [0.717, 1.165) is 12.8 Å². The third-order valence-corrected chi connectivity index (χ3v) is 4.56. The molecule has 1 rings (SSSR count). The number of hydrogen-bond donors (Lipinski definition) is 0. The van der Waals surface area contributed by atoms with Crippen LogP contribution in [0.3, 0.4) is 0 Å². The van der Waals surface area contributed by atoms with Crippen molar-refractivity contribution in [2.75, 3.05) is 25.5 Å². The quantitative estimate of drug-likeness (QED) is 0.665. The largest absolute Gasteiger partial charge is 0.381 e. The number of nitrogens with zero attached hydrogens (tertiary/aromatic N) is 1. The van der Waals surface area contributed by atoms with Gasteiger partial charge in [-0.15, -0.1) is 11.6 Å². The zero-order valence-corrected chi connectivity index (χ0v) is 9.14. The first-order valence-corrected chi connectivity index (χ1v) is 6.31. The van der Waals surface area contributed by atoms with Gasteiger partial charge >= 0.3 is 0 Å². The highest BCUT2D eigenvalue weighted by Crippen LogP contribution is 2.16. The van der Waals surface area contributed by atoms with Gasteiger partial charge < -0.3 is 4.74 Å². The second-order valence-corrected chi connectivity index (χ2v) is 5.69. The van der Waals surface area contributed by atoms with Crippen LogP contribution in [0, 0.1) is 0 Å². The van der Waals surface area contributed by atoms with Crippen molar-refractivity contribution in [2.24, 2.45) is 0 Å². The SMILES string of the molecule is CN(C1CCOCC1)S(=O)(=O)CCl. The van der Waals surface area contributed by atoms with Crippen molar-refractivity contribution in [3.05, 3.63) is 0 Å². The summed E-state index contributed by atoms with van der Waals surface area (Å²) in [6, 6.07) is 0.0532. The molecular formula is C7H14ClNO3S. The molecule has 0 amide bonds. The number of rotatable bonds is 3. The summed E-state index contributed by atoms with van der Waals surface area (Å²) in [4.78, 5) is 0. The monoisotopic (exact) mass is 227 g/mol. The van der Waals surface area contributed by atoms with Crippen LogP contribution >= 0.6 is 11.6 Å². The number of halogens is 1. The van der Waals surface area contributed by atoms with Crippen LogP contribution in [-0.2, 0) is 14.8 Å². The van der Waals surface area contributed by atoms with Crippen LogP contribution < -0.4 is 0 Å². The van der Waals surface area contributed by atoms with E-state index in [1.807, 2.05) is 0 Å². The lowest BCUT2D eigenvalue weighted by molar-refractivity contribution is 0.0633. The number of hydrogen-bond acceptors (Lipinski definition) is 3. The molecular weight excluding hydrogens is 214 g/mol. The molecule has 1 heterocycles. The van der Waals surface area contributed by atoms with Crippen molar-refractivity contribution < 1.29 is 13.2 Å². The molecule has 0 aromatic rings. The van der Waals surface area contributed by atoms with Crippen LogP contribution in [0.5, 0.6) is 0 Å². The first-order valence-electron chi connectivity index (χ1n) is 4.17. The van der Waals surface area contributed by atoms with Gasteiger partial charge in [0.25, 0.3) is 0 Å². The molecule has 0 aliphatic carbocycles. The van der Waals surface area contributed by atoms with Gasteiger partial charge in [0.05, 0.1) is 0 Å². The molecule has 0 spiro atoms. The molecule has 0 saturated carbocycles. The van der Waals surface area contributed by atoms with Crippen molar-refractivity contribution in [2.45, 2.75) is 18.9 Å². The lowest BCUT2D eigenvalue weighted by Crippen LogP contribution is -2.40. The molecule has 0 bridgehead atoms. The van der Waals surface area contributed by atoms with Crippen LogP contribution in [0.4, 0.5) is 0 Å². The Labute approximate surface area is 83.9 Å². The fourth-order valence-corrected chi connectivity index (χ4v) is 2.63. The molecule has 0 radical (unpaired) electrons. The van der Waals surface area contributed by atoms with Gasteiger partial charge in [-0.3, -0.25) is 0 Å². The molecule has 0 N–H and O–H groups in total. The molecule has 78 valence electrons. The summed E-state index contributed by atoms with van der Waals surface area (Å²) < 4.78 is 29.2. The Balaban J connectivity index is 2.60. The predicted octanol–water partition coefficient (Wildman–Crippen LogP) is 0.623. The van der Waals surface area contributed by atoms with E-state index in [-0.39, 0.29) is 11.3 Å². The summed E-state index contributed by atoms with van der Waals surface area (Å²) in [7, 11) is -1.68. The summed E-state index contributed by atoms with van der Waals surface area (Å²) in [5.74, 6) is 0. The molecule has 0 aromatic carbocycles. The Morgan fingerprint density at radius 2 is 2.00 bits per heavy atom. The predicted molar refractivity (Wildman–Crippen MR) is 51.2 cm³/mol. The number of sulfonamides is 1. The molecule has 1 aliphatic heterocycles. The summed E-state index contributed by atoms with van der Waals surface area (Å²) >= 11 is 5.35. The molecule has 0 unspecified atom stereocenters. The molecule has 1 fully saturated rings. The van der Waals surface area contributed by atoms with Crippen molar-refractivity contribution in [1.29, 1.82) is 0 Å². The number of alkyl halides is 1. The van der Waals surface area contributed by atoms with Gasteiger partial charge in [-0.2, -0.15) is 0 Å². The van der Waals surface area contributed by atoms with Gasteiger partial charge in [0.2, 0.25) is 10.0 Å². The Kier molecular flexibility index (Phi) is 3.97. The highest BCUT2D eigenvalue weighted by molar-refractivity contribution is 7.90. The van der Waals surface area contributed by atoms with E-state index in [1.165, 1.54) is 4.31 Å². The van der Waals surface area contributed by atoms with Crippen molar-refractivity contribution in [1.82, 2.24) is 4.31 Å². The third-order valence-electron chi connectivity index (χ3n) is 2.28. The van der Waals surface area contributed by atoms with Gasteiger partial charge in [0, 0.05) is 26.3 Å². The smallest absolute Gasteiger partial charge is 0.228 e. The van der Waals surface area contributed by atoms with E-state index in [0.29, 0.717) is 13.2 Å². The van der Waals surface area contributed by atoms with E-state index in [4.69, 9.17) is 16.3 Å². The highest BCUT2D eigenvalue weighted by atomic mass is 35.5. The zero-order chi connectivity index (χ0) is 9.90. The zero-order valence-electron chi connectivity index (χ0n) is 7.57. The van der Waals surface area contributed by atoms with Crippen LogP contribution in [0.1, 0.15) is 12.8 Å². The normalized spacial score (nSPS) is 20.8. The average Bonchev–Trinajstić information content (AvgIpc) is 2.18. The number of ether oxygens (including phenoxy) is 1. The van der Waals surface area contributed by atoms with Gasteiger partial charge in [-0.05, 0) is 12.8 Å². The van der Waals surface area contributed by atoms with E-state index in [1.54, 1.807) is 7.05 Å². The lowest BCUT2D eigenvalue weighted by Gasteiger charge is -2.29. The van der Waals surface area contributed by atoms with Gasteiger partial charge in [-0.25, -0.2) is 12.7 Å². The summed E-state index contributed by atoms with van der Waals surface area (Å²) in [6.45, 7) is 1.26. The van der Waals surface area contributed by atoms with Crippen LogP contribution in [-0.4, -0.2) is 44.2 Å². The molecule has 0 atom stereocenters.